The molecule has 3 unspecified atom stereocenters. The van der Waals surface area contributed by atoms with Crippen LogP contribution in [0.2, 0.25) is 0 Å². The Morgan fingerprint density at radius 2 is 2.04 bits per heavy atom. The number of hydrogen-bond acceptors (Lipinski definition) is 3. The minimum Gasteiger partial charge on any atom is -0.391 e. The molecule has 0 bridgehead atoms. The third kappa shape index (κ3) is 3.52. The molecule has 0 radical (unpaired) electrons. The molecule has 0 saturated heterocycles. The van der Waals surface area contributed by atoms with Gasteiger partial charge in [-0.2, -0.15) is 0 Å². The molecule has 0 aliphatic heterocycles. The zero-order chi connectivity index (χ0) is 16.6. The molecule has 2 amide bonds. The van der Waals surface area contributed by atoms with Gasteiger partial charge in [0.25, 0.3) is 0 Å². The van der Waals surface area contributed by atoms with Crippen LogP contribution < -0.4 is 10.6 Å². The second-order valence-corrected chi connectivity index (χ2v) is 6.44. The van der Waals surface area contributed by atoms with Crippen LogP contribution in [0, 0.1) is 11.7 Å². The minimum absolute atomic E-state index is 0.0285. The van der Waals surface area contributed by atoms with E-state index in [4.69, 9.17) is 0 Å². The molecule has 5 nitrogen and oxygen atoms in total. The Hall–Kier alpha value is -1.95. The third-order valence-electron chi connectivity index (χ3n) is 4.51. The van der Waals surface area contributed by atoms with Gasteiger partial charge < -0.3 is 15.7 Å². The summed E-state index contributed by atoms with van der Waals surface area (Å²) in [6, 6.07) is 3.38. The van der Waals surface area contributed by atoms with E-state index in [0.29, 0.717) is 12.8 Å². The quantitative estimate of drug-likeness (QED) is 0.763. The lowest BCUT2D eigenvalue weighted by Gasteiger charge is -2.23. The van der Waals surface area contributed by atoms with Crippen LogP contribution >= 0.6 is 0 Å². The number of aliphatic hydroxyl groups excluding tert-OH is 1. The van der Waals surface area contributed by atoms with E-state index < -0.39 is 18.1 Å². The number of benzene rings is 1. The van der Waals surface area contributed by atoms with Gasteiger partial charge in [-0.25, -0.2) is 4.39 Å². The zero-order valence-electron chi connectivity index (χ0n) is 13.0. The summed E-state index contributed by atoms with van der Waals surface area (Å²) in [5.74, 6) is -0.898. The Kier molecular flexibility index (Phi) is 4.35. The molecule has 23 heavy (non-hydrogen) atoms. The van der Waals surface area contributed by atoms with Crippen LogP contribution in [0.4, 0.5) is 4.39 Å². The molecule has 1 saturated carbocycles. The molecular weight excluding hydrogens is 299 g/mol. The molecule has 1 aromatic carbocycles. The summed E-state index contributed by atoms with van der Waals surface area (Å²) >= 11 is 0. The average Bonchev–Trinajstić information content (AvgIpc) is 3.27. The molecule has 3 rings (SSSR count). The van der Waals surface area contributed by atoms with Gasteiger partial charge in [0.1, 0.15) is 11.9 Å². The van der Waals surface area contributed by atoms with Crippen molar-refractivity contribution in [2.75, 3.05) is 0 Å². The summed E-state index contributed by atoms with van der Waals surface area (Å²) in [7, 11) is 0. The molecule has 0 heterocycles. The molecule has 124 valence electrons. The topological polar surface area (TPSA) is 78.4 Å². The lowest BCUT2D eigenvalue weighted by molar-refractivity contribution is -0.132. The Morgan fingerprint density at radius 1 is 1.30 bits per heavy atom. The SMILES string of the molecule is CC(O)C(NC(=O)C1CC1)C(=O)NC1CCc2cc(F)ccc21. The summed E-state index contributed by atoms with van der Waals surface area (Å²) in [6.45, 7) is 1.48. The maximum absolute atomic E-state index is 13.2. The largest absolute Gasteiger partial charge is 0.391 e. The highest BCUT2D eigenvalue weighted by Gasteiger charge is 2.35. The number of amides is 2. The Labute approximate surface area is 134 Å². The van der Waals surface area contributed by atoms with E-state index in [2.05, 4.69) is 10.6 Å². The van der Waals surface area contributed by atoms with E-state index in [9.17, 15) is 19.1 Å². The van der Waals surface area contributed by atoms with Gasteiger partial charge >= 0.3 is 0 Å². The second kappa shape index (κ2) is 6.28. The highest BCUT2D eigenvalue weighted by atomic mass is 19.1. The van der Waals surface area contributed by atoms with Gasteiger partial charge in [-0.1, -0.05) is 6.07 Å². The van der Waals surface area contributed by atoms with E-state index in [1.165, 1.54) is 19.1 Å². The van der Waals surface area contributed by atoms with Gasteiger partial charge in [0.15, 0.2) is 0 Å². The highest BCUT2D eigenvalue weighted by molar-refractivity contribution is 5.90. The van der Waals surface area contributed by atoms with E-state index in [1.807, 2.05) is 0 Å². The molecule has 0 spiro atoms. The fourth-order valence-electron chi connectivity index (χ4n) is 3.02. The normalized spacial score (nSPS) is 22.1. The number of carbonyl (C=O) groups is 2. The zero-order valence-corrected chi connectivity index (χ0v) is 13.0. The molecule has 3 atom stereocenters. The number of nitrogens with one attached hydrogen (secondary N) is 2. The molecular formula is C17H21FN2O3. The Bertz CT molecular complexity index is 628. The lowest BCUT2D eigenvalue weighted by Crippen LogP contribution is -2.53. The molecule has 2 aliphatic rings. The van der Waals surface area contributed by atoms with Gasteiger partial charge in [0, 0.05) is 5.92 Å². The van der Waals surface area contributed by atoms with Crippen molar-refractivity contribution in [1.82, 2.24) is 10.6 Å². The van der Waals surface area contributed by atoms with E-state index >= 15 is 0 Å². The van der Waals surface area contributed by atoms with Crippen LogP contribution in [0.15, 0.2) is 18.2 Å². The van der Waals surface area contributed by atoms with Crippen molar-refractivity contribution in [1.29, 1.82) is 0 Å². The van der Waals surface area contributed by atoms with E-state index in [1.54, 1.807) is 6.07 Å². The predicted octanol–water partition coefficient (Wildman–Crippen LogP) is 1.20. The number of aryl methyl sites for hydroxylation is 1. The van der Waals surface area contributed by atoms with E-state index in [0.717, 1.165) is 24.0 Å². The maximum atomic E-state index is 13.2. The molecule has 3 N–H and O–H groups in total. The van der Waals surface area contributed by atoms with Crippen LogP contribution in [-0.4, -0.2) is 29.1 Å². The monoisotopic (exact) mass is 320 g/mol. The smallest absolute Gasteiger partial charge is 0.245 e. The Morgan fingerprint density at radius 3 is 2.70 bits per heavy atom. The minimum atomic E-state index is -0.980. The highest BCUT2D eigenvalue weighted by Crippen LogP contribution is 2.32. The summed E-state index contributed by atoms with van der Waals surface area (Å²) in [5.41, 5.74) is 1.79. The first-order valence-electron chi connectivity index (χ1n) is 8.03. The summed E-state index contributed by atoms with van der Waals surface area (Å²) in [5, 5.41) is 15.3. The van der Waals surface area contributed by atoms with Crippen molar-refractivity contribution in [2.24, 2.45) is 5.92 Å². The number of rotatable bonds is 5. The molecule has 0 aromatic heterocycles. The van der Waals surface area contributed by atoms with Crippen molar-refractivity contribution >= 4 is 11.8 Å². The predicted molar refractivity (Wildman–Crippen MR) is 81.9 cm³/mol. The first-order valence-corrected chi connectivity index (χ1v) is 8.03. The van der Waals surface area contributed by atoms with Crippen LogP contribution in [0.1, 0.15) is 43.4 Å². The van der Waals surface area contributed by atoms with Gasteiger partial charge in [0.05, 0.1) is 12.1 Å². The average molecular weight is 320 g/mol. The van der Waals surface area contributed by atoms with Crippen molar-refractivity contribution in [2.45, 2.75) is 50.8 Å². The van der Waals surface area contributed by atoms with Crippen molar-refractivity contribution in [3.05, 3.63) is 35.1 Å². The number of carbonyl (C=O) groups excluding carboxylic acids is 2. The first kappa shape index (κ1) is 15.9. The number of halogens is 1. The summed E-state index contributed by atoms with van der Waals surface area (Å²) in [4.78, 5) is 24.3. The van der Waals surface area contributed by atoms with Crippen LogP contribution in [0.3, 0.4) is 0 Å². The van der Waals surface area contributed by atoms with Crippen molar-refractivity contribution < 1.29 is 19.1 Å². The van der Waals surface area contributed by atoms with Gasteiger partial charge in [0.2, 0.25) is 11.8 Å². The van der Waals surface area contributed by atoms with Crippen LogP contribution in [0.25, 0.3) is 0 Å². The standard InChI is InChI=1S/C17H21FN2O3/c1-9(21)15(20-16(22)10-2-3-10)17(23)19-14-7-4-11-8-12(18)5-6-13(11)14/h5-6,8-10,14-15,21H,2-4,7H2,1H3,(H,19,23)(H,20,22). The third-order valence-corrected chi connectivity index (χ3v) is 4.51. The van der Waals surface area contributed by atoms with Crippen molar-refractivity contribution in [3.8, 4) is 0 Å². The molecule has 1 fully saturated rings. The summed E-state index contributed by atoms with van der Waals surface area (Å²) in [6.07, 6.45) is 2.08. The van der Waals surface area contributed by atoms with Crippen LogP contribution in [-0.2, 0) is 16.0 Å². The van der Waals surface area contributed by atoms with E-state index in [-0.39, 0.29) is 23.7 Å². The van der Waals surface area contributed by atoms with Gasteiger partial charge in [-0.05, 0) is 55.9 Å². The molecule has 1 aromatic rings. The fraction of sp³-hybridized carbons (Fsp3) is 0.529. The number of aliphatic hydroxyl groups is 1. The maximum Gasteiger partial charge on any atom is 0.245 e. The first-order chi connectivity index (χ1) is 11.0. The fourth-order valence-corrected chi connectivity index (χ4v) is 3.02. The van der Waals surface area contributed by atoms with Gasteiger partial charge in [-0.15, -0.1) is 0 Å². The molecule has 2 aliphatic carbocycles. The van der Waals surface area contributed by atoms with Crippen molar-refractivity contribution in [3.63, 3.8) is 0 Å². The lowest BCUT2D eigenvalue weighted by atomic mass is 10.1. The number of fused-ring (bicyclic) bond motifs is 1. The second-order valence-electron chi connectivity index (χ2n) is 6.44. The number of hydrogen-bond donors (Lipinski definition) is 3. The van der Waals surface area contributed by atoms with Crippen LogP contribution in [0.5, 0.6) is 0 Å². The van der Waals surface area contributed by atoms with Gasteiger partial charge in [-0.3, -0.25) is 9.59 Å². The summed E-state index contributed by atoms with van der Waals surface area (Å²) < 4.78 is 13.2. The molecule has 6 heteroatoms. The Balaban J connectivity index is 1.66.